The maximum atomic E-state index is 13.5. The second-order valence-electron chi connectivity index (χ2n) is 6.87. The Bertz CT molecular complexity index is 974. The van der Waals surface area contributed by atoms with E-state index in [0.29, 0.717) is 22.3 Å². The van der Waals surface area contributed by atoms with E-state index in [1.807, 2.05) is 0 Å². The molecule has 166 valence electrons. The van der Waals surface area contributed by atoms with Crippen LogP contribution >= 0.6 is 15.9 Å². The first-order valence-electron chi connectivity index (χ1n) is 9.79. The van der Waals surface area contributed by atoms with Gasteiger partial charge in [-0.15, -0.1) is 0 Å². The zero-order valence-electron chi connectivity index (χ0n) is 17.4. The zero-order valence-corrected chi connectivity index (χ0v) is 19.0. The van der Waals surface area contributed by atoms with Crippen LogP contribution in [0, 0.1) is 11.3 Å². The summed E-state index contributed by atoms with van der Waals surface area (Å²) in [6.45, 7) is 5.48. The van der Waals surface area contributed by atoms with Gasteiger partial charge in [-0.25, -0.2) is 4.79 Å². The number of halogens is 1. The monoisotopic (exact) mass is 494 g/mol. The molecule has 0 bridgehead atoms. The number of amides is 1. The number of nitrogens with one attached hydrogen (secondary N) is 2. The number of fused-ring (bicyclic) bond motifs is 2. The van der Waals surface area contributed by atoms with Crippen molar-refractivity contribution in [2.75, 3.05) is 31.7 Å². The SMILES string of the molecule is CCOCCOC(=O)C1C(=N)OC(C)=C(C(=O)OCC)C12C(=O)Nc1ccc(Br)cc12. The highest BCUT2D eigenvalue weighted by Crippen LogP contribution is 2.53. The second-order valence-corrected chi connectivity index (χ2v) is 7.78. The second kappa shape index (κ2) is 9.19. The van der Waals surface area contributed by atoms with E-state index in [1.165, 1.54) is 6.92 Å². The third kappa shape index (κ3) is 3.85. The van der Waals surface area contributed by atoms with E-state index in [1.54, 1.807) is 32.0 Å². The van der Waals surface area contributed by atoms with E-state index in [0.717, 1.165) is 0 Å². The summed E-state index contributed by atoms with van der Waals surface area (Å²) >= 11 is 3.38. The van der Waals surface area contributed by atoms with Gasteiger partial charge in [0.05, 0.1) is 18.8 Å². The Labute approximate surface area is 187 Å². The fourth-order valence-corrected chi connectivity index (χ4v) is 4.31. The van der Waals surface area contributed by atoms with E-state index in [2.05, 4.69) is 21.2 Å². The summed E-state index contributed by atoms with van der Waals surface area (Å²) in [4.78, 5) is 39.6. The van der Waals surface area contributed by atoms with Crippen LogP contribution < -0.4 is 5.32 Å². The number of hydrogen-bond acceptors (Lipinski definition) is 8. The van der Waals surface area contributed by atoms with Crippen molar-refractivity contribution in [2.45, 2.75) is 26.2 Å². The Hall–Kier alpha value is -2.72. The van der Waals surface area contributed by atoms with Crippen molar-refractivity contribution in [3.63, 3.8) is 0 Å². The molecular weight excluding hydrogens is 472 g/mol. The van der Waals surface area contributed by atoms with E-state index < -0.39 is 35.1 Å². The van der Waals surface area contributed by atoms with Gasteiger partial charge >= 0.3 is 11.9 Å². The molecule has 10 heteroatoms. The molecule has 1 aromatic rings. The number of rotatable bonds is 7. The normalized spacial score (nSPS) is 22.1. The van der Waals surface area contributed by atoms with Crippen LogP contribution in [-0.4, -0.2) is 50.2 Å². The molecule has 0 aliphatic carbocycles. The zero-order chi connectivity index (χ0) is 22.8. The Kier molecular flexibility index (Phi) is 6.80. The maximum absolute atomic E-state index is 13.5. The molecule has 1 amide bonds. The molecule has 0 saturated heterocycles. The van der Waals surface area contributed by atoms with Crippen LogP contribution in [0.15, 0.2) is 34.0 Å². The first-order chi connectivity index (χ1) is 14.8. The Morgan fingerprint density at radius 1 is 1.23 bits per heavy atom. The molecule has 1 spiro atoms. The van der Waals surface area contributed by atoms with Crippen LogP contribution in [0.3, 0.4) is 0 Å². The summed E-state index contributed by atoms with van der Waals surface area (Å²) in [5.74, 6) is -4.31. The van der Waals surface area contributed by atoms with Gasteiger partial charge in [-0.3, -0.25) is 15.0 Å². The van der Waals surface area contributed by atoms with Crippen molar-refractivity contribution >= 4 is 45.4 Å². The van der Waals surface area contributed by atoms with Gasteiger partial charge in [-0.1, -0.05) is 15.9 Å². The number of ether oxygens (including phenoxy) is 4. The standard InChI is InChI=1S/C21H23BrN2O7/c1-4-28-8-9-30-19(26)16-17(23)31-11(3)15(18(25)29-5-2)21(16)13-10-12(22)6-7-14(13)24-20(21)27/h6-7,10,16,23H,4-5,8-9H2,1-3H3,(H,24,27). The first-order valence-corrected chi connectivity index (χ1v) is 10.6. The quantitative estimate of drug-likeness (QED) is 0.440. The fraction of sp³-hybridized carbons (Fsp3) is 0.429. The van der Waals surface area contributed by atoms with Gasteiger partial charge in [0.1, 0.15) is 17.8 Å². The lowest BCUT2D eigenvalue weighted by Gasteiger charge is -2.39. The number of esters is 2. The van der Waals surface area contributed by atoms with Crippen molar-refractivity contribution in [2.24, 2.45) is 5.92 Å². The lowest BCUT2D eigenvalue weighted by Crippen LogP contribution is -2.56. The van der Waals surface area contributed by atoms with Crippen molar-refractivity contribution in [1.29, 1.82) is 5.41 Å². The molecule has 0 aromatic heterocycles. The van der Waals surface area contributed by atoms with Gasteiger partial charge in [-0.2, -0.15) is 0 Å². The molecule has 9 nitrogen and oxygen atoms in total. The van der Waals surface area contributed by atoms with Crippen LogP contribution in [0.4, 0.5) is 5.69 Å². The number of carbonyl (C=O) groups is 3. The van der Waals surface area contributed by atoms with E-state index in [-0.39, 0.29) is 31.2 Å². The molecule has 31 heavy (non-hydrogen) atoms. The lowest BCUT2D eigenvalue weighted by atomic mass is 9.64. The van der Waals surface area contributed by atoms with Crippen LogP contribution in [0.2, 0.25) is 0 Å². The molecule has 2 aliphatic heterocycles. The fourth-order valence-electron chi connectivity index (χ4n) is 3.94. The average molecular weight is 495 g/mol. The summed E-state index contributed by atoms with van der Waals surface area (Å²) < 4.78 is 21.8. The maximum Gasteiger partial charge on any atom is 0.338 e. The van der Waals surface area contributed by atoms with Gasteiger partial charge in [0.25, 0.3) is 0 Å². The summed E-state index contributed by atoms with van der Waals surface area (Å²) in [5, 5.41) is 11.1. The van der Waals surface area contributed by atoms with Gasteiger partial charge in [0.15, 0.2) is 5.92 Å². The average Bonchev–Trinajstić information content (AvgIpc) is 2.97. The van der Waals surface area contributed by atoms with E-state index in [4.69, 9.17) is 24.4 Å². The highest BCUT2D eigenvalue weighted by atomic mass is 79.9. The van der Waals surface area contributed by atoms with Gasteiger partial charge < -0.3 is 24.3 Å². The molecule has 1 aromatic carbocycles. The molecule has 0 fully saturated rings. The molecule has 2 aliphatic rings. The highest BCUT2D eigenvalue weighted by Gasteiger charge is 2.65. The summed E-state index contributed by atoms with van der Waals surface area (Å²) in [7, 11) is 0. The van der Waals surface area contributed by atoms with Gasteiger partial charge in [0, 0.05) is 16.8 Å². The van der Waals surface area contributed by atoms with Crippen molar-refractivity contribution in [3.05, 3.63) is 39.6 Å². The molecule has 2 atom stereocenters. The number of benzene rings is 1. The van der Waals surface area contributed by atoms with Crippen LogP contribution in [0.25, 0.3) is 0 Å². The number of anilines is 1. The number of hydrogen-bond donors (Lipinski definition) is 2. The molecule has 2 unspecified atom stereocenters. The minimum atomic E-state index is -1.87. The third-order valence-electron chi connectivity index (χ3n) is 5.11. The molecule has 2 N–H and O–H groups in total. The molecule has 3 rings (SSSR count). The van der Waals surface area contributed by atoms with E-state index >= 15 is 0 Å². The van der Waals surface area contributed by atoms with Crippen molar-refractivity contribution < 1.29 is 33.3 Å². The predicted molar refractivity (Wildman–Crippen MR) is 114 cm³/mol. The topological polar surface area (TPSA) is 124 Å². The van der Waals surface area contributed by atoms with Crippen molar-refractivity contribution in [1.82, 2.24) is 0 Å². The van der Waals surface area contributed by atoms with E-state index in [9.17, 15) is 14.4 Å². The third-order valence-corrected chi connectivity index (χ3v) is 5.60. The Morgan fingerprint density at radius 3 is 2.65 bits per heavy atom. The predicted octanol–water partition coefficient (Wildman–Crippen LogP) is 2.68. The number of carbonyl (C=O) groups excluding carboxylic acids is 3. The van der Waals surface area contributed by atoms with Crippen LogP contribution in [-0.2, 0) is 38.7 Å². The largest absolute Gasteiger partial charge is 0.463 e. The number of allylic oxidation sites excluding steroid dienone is 1. The molecule has 2 heterocycles. The smallest absolute Gasteiger partial charge is 0.338 e. The van der Waals surface area contributed by atoms with Crippen LogP contribution in [0.5, 0.6) is 0 Å². The Balaban J connectivity index is 2.21. The minimum absolute atomic E-state index is 0.0183. The lowest BCUT2D eigenvalue weighted by molar-refractivity contribution is -0.153. The van der Waals surface area contributed by atoms with Gasteiger partial charge in [0.2, 0.25) is 11.8 Å². The van der Waals surface area contributed by atoms with Gasteiger partial charge in [-0.05, 0) is 44.5 Å². The Morgan fingerprint density at radius 2 is 1.97 bits per heavy atom. The van der Waals surface area contributed by atoms with Crippen LogP contribution in [0.1, 0.15) is 26.3 Å². The van der Waals surface area contributed by atoms with Crippen molar-refractivity contribution in [3.8, 4) is 0 Å². The first kappa shape index (κ1) is 23.0. The molecule has 0 saturated carbocycles. The minimum Gasteiger partial charge on any atom is -0.463 e. The highest BCUT2D eigenvalue weighted by molar-refractivity contribution is 9.10. The summed E-state index contributed by atoms with van der Waals surface area (Å²) in [6.07, 6.45) is 0. The summed E-state index contributed by atoms with van der Waals surface area (Å²) in [6, 6.07) is 5.01. The summed E-state index contributed by atoms with van der Waals surface area (Å²) in [5.41, 5.74) is -1.22. The molecule has 0 radical (unpaired) electrons. The molecular formula is C21H23BrN2O7.